The maximum Gasteiger partial charge on any atom is 0.0807 e. The number of hydrogen-bond acceptors (Lipinski definition) is 2. The second-order valence-electron chi connectivity index (χ2n) is 4.44. The minimum atomic E-state index is 0.814. The van der Waals surface area contributed by atoms with E-state index in [1.807, 2.05) is 10.9 Å². The first kappa shape index (κ1) is 13.6. The Balaban J connectivity index is 2.73. The van der Waals surface area contributed by atoms with Crippen LogP contribution in [-0.2, 0) is 6.54 Å². The maximum atomic E-state index is 4.31. The van der Waals surface area contributed by atoms with Gasteiger partial charge in [-0.15, -0.1) is 0 Å². The van der Waals surface area contributed by atoms with Gasteiger partial charge in [0, 0.05) is 25.1 Å². The molecule has 0 unspecified atom stereocenters. The highest BCUT2D eigenvalue weighted by Crippen LogP contribution is 2.09. The smallest absolute Gasteiger partial charge is 0.0807 e. The molecule has 0 N–H and O–H groups in total. The molecule has 1 heterocycles. The van der Waals surface area contributed by atoms with E-state index in [0.717, 1.165) is 13.0 Å². The van der Waals surface area contributed by atoms with Crippen LogP contribution in [0.25, 0.3) is 0 Å². The van der Waals surface area contributed by atoms with E-state index in [0.29, 0.717) is 0 Å². The van der Waals surface area contributed by atoms with Crippen molar-refractivity contribution < 1.29 is 0 Å². The molecule has 0 fully saturated rings. The predicted molar refractivity (Wildman–Crippen MR) is 72.5 cm³/mol. The van der Waals surface area contributed by atoms with E-state index in [2.05, 4.69) is 63.2 Å². The van der Waals surface area contributed by atoms with Crippen LogP contribution in [0, 0.1) is 6.92 Å². The SMILES string of the molecule is C/C=C(/Cn1cc(C)cn1)N(C)/C=C(/C)CC. The number of rotatable bonds is 5. The van der Waals surface area contributed by atoms with Crippen LogP contribution in [0.1, 0.15) is 32.8 Å². The Bertz CT molecular complexity index is 413. The summed E-state index contributed by atoms with van der Waals surface area (Å²) in [4.78, 5) is 2.18. The van der Waals surface area contributed by atoms with Gasteiger partial charge in [-0.1, -0.05) is 18.6 Å². The first-order chi connectivity index (χ1) is 8.06. The average molecular weight is 233 g/mol. The van der Waals surface area contributed by atoms with Gasteiger partial charge in [0.15, 0.2) is 0 Å². The van der Waals surface area contributed by atoms with E-state index >= 15 is 0 Å². The minimum Gasteiger partial charge on any atom is -0.353 e. The number of aryl methyl sites for hydroxylation is 1. The molecule has 0 saturated carbocycles. The molecular weight excluding hydrogens is 210 g/mol. The molecule has 0 bridgehead atoms. The van der Waals surface area contributed by atoms with Crippen LogP contribution in [-0.4, -0.2) is 21.7 Å². The van der Waals surface area contributed by atoms with Gasteiger partial charge in [0.25, 0.3) is 0 Å². The molecule has 0 atom stereocenters. The van der Waals surface area contributed by atoms with Crippen molar-refractivity contribution in [3.63, 3.8) is 0 Å². The zero-order chi connectivity index (χ0) is 12.8. The predicted octanol–water partition coefficient (Wildman–Crippen LogP) is 3.34. The van der Waals surface area contributed by atoms with Gasteiger partial charge in [0.2, 0.25) is 0 Å². The molecule has 0 aromatic carbocycles. The third-order valence-corrected chi connectivity index (χ3v) is 2.84. The zero-order valence-electron chi connectivity index (χ0n) is 11.6. The second kappa shape index (κ2) is 6.28. The normalized spacial score (nSPS) is 13.0. The van der Waals surface area contributed by atoms with Gasteiger partial charge in [-0.2, -0.15) is 5.10 Å². The molecule has 1 aromatic rings. The monoisotopic (exact) mass is 233 g/mol. The van der Waals surface area contributed by atoms with Crippen LogP contribution >= 0.6 is 0 Å². The highest BCUT2D eigenvalue weighted by Gasteiger charge is 2.03. The maximum absolute atomic E-state index is 4.31. The first-order valence-electron chi connectivity index (χ1n) is 6.11. The Morgan fingerprint density at radius 1 is 1.53 bits per heavy atom. The molecule has 17 heavy (non-hydrogen) atoms. The number of aromatic nitrogens is 2. The largest absolute Gasteiger partial charge is 0.353 e. The Hall–Kier alpha value is -1.51. The Morgan fingerprint density at radius 2 is 2.24 bits per heavy atom. The minimum absolute atomic E-state index is 0.814. The van der Waals surface area contributed by atoms with Gasteiger partial charge in [0.05, 0.1) is 12.7 Å². The third kappa shape index (κ3) is 4.10. The summed E-state index contributed by atoms with van der Waals surface area (Å²) in [5, 5.41) is 4.31. The van der Waals surface area contributed by atoms with Crippen LogP contribution in [0.4, 0.5) is 0 Å². The molecule has 0 aliphatic carbocycles. The summed E-state index contributed by atoms with van der Waals surface area (Å²) in [5.74, 6) is 0. The lowest BCUT2D eigenvalue weighted by Gasteiger charge is -2.19. The summed E-state index contributed by atoms with van der Waals surface area (Å²) in [7, 11) is 2.09. The molecule has 0 saturated heterocycles. The van der Waals surface area contributed by atoms with Crippen LogP contribution in [0.15, 0.2) is 35.9 Å². The summed E-state index contributed by atoms with van der Waals surface area (Å²) in [6.45, 7) is 9.27. The summed E-state index contributed by atoms with van der Waals surface area (Å²) in [5.41, 5.74) is 3.83. The number of likely N-dealkylation sites (N-methyl/N-ethyl adjacent to an activating group) is 1. The van der Waals surface area contributed by atoms with Gasteiger partial charge < -0.3 is 4.90 Å². The highest BCUT2D eigenvalue weighted by atomic mass is 15.3. The van der Waals surface area contributed by atoms with Crippen molar-refractivity contribution in [3.8, 4) is 0 Å². The molecule has 3 nitrogen and oxygen atoms in total. The molecule has 0 amide bonds. The van der Waals surface area contributed by atoms with Crippen LogP contribution in [0.2, 0.25) is 0 Å². The summed E-state index contributed by atoms with van der Waals surface area (Å²) < 4.78 is 1.97. The lowest BCUT2D eigenvalue weighted by atomic mass is 10.2. The average Bonchev–Trinajstić information content (AvgIpc) is 2.71. The van der Waals surface area contributed by atoms with E-state index < -0.39 is 0 Å². The fraction of sp³-hybridized carbons (Fsp3) is 0.500. The van der Waals surface area contributed by atoms with Crippen LogP contribution in [0.5, 0.6) is 0 Å². The topological polar surface area (TPSA) is 21.1 Å². The number of allylic oxidation sites excluding steroid dienone is 3. The fourth-order valence-electron chi connectivity index (χ4n) is 1.63. The van der Waals surface area contributed by atoms with Crippen molar-refractivity contribution in [1.82, 2.24) is 14.7 Å². The van der Waals surface area contributed by atoms with E-state index in [1.54, 1.807) is 0 Å². The van der Waals surface area contributed by atoms with E-state index in [9.17, 15) is 0 Å². The molecule has 0 spiro atoms. The van der Waals surface area contributed by atoms with Crippen molar-refractivity contribution in [2.75, 3.05) is 7.05 Å². The summed E-state index contributed by atoms with van der Waals surface area (Å²) in [6.07, 6.45) is 9.36. The molecule has 0 aliphatic rings. The highest BCUT2D eigenvalue weighted by molar-refractivity contribution is 5.08. The lowest BCUT2D eigenvalue weighted by molar-refractivity contribution is 0.492. The number of hydrogen-bond donors (Lipinski definition) is 0. The second-order valence-corrected chi connectivity index (χ2v) is 4.44. The van der Waals surface area contributed by atoms with Gasteiger partial charge in [-0.05, 0) is 32.8 Å². The molecule has 94 valence electrons. The first-order valence-corrected chi connectivity index (χ1v) is 6.11. The molecule has 0 aliphatic heterocycles. The standard InChI is InChI=1S/C14H23N3/c1-6-12(3)9-16(5)14(7-2)11-17-10-13(4)8-15-17/h7-10H,6,11H2,1-5H3/b12-9-,14-7-. The molecule has 0 radical (unpaired) electrons. The zero-order valence-corrected chi connectivity index (χ0v) is 11.6. The molecule has 1 aromatic heterocycles. The van der Waals surface area contributed by atoms with E-state index in [-0.39, 0.29) is 0 Å². The van der Waals surface area contributed by atoms with Gasteiger partial charge in [-0.3, -0.25) is 4.68 Å². The molecular formula is C14H23N3. The fourth-order valence-corrected chi connectivity index (χ4v) is 1.63. The number of nitrogens with zero attached hydrogens (tertiary/aromatic N) is 3. The van der Waals surface area contributed by atoms with Crippen molar-refractivity contribution in [2.24, 2.45) is 0 Å². The van der Waals surface area contributed by atoms with Gasteiger partial charge in [-0.25, -0.2) is 0 Å². The van der Waals surface area contributed by atoms with Crippen molar-refractivity contribution in [1.29, 1.82) is 0 Å². The van der Waals surface area contributed by atoms with Gasteiger partial charge >= 0.3 is 0 Å². The molecule has 1 rings (SSSR count). The van der Waals surface area contributed by atoms with Gasteiger partial charge in [0.1, 0.15) is 0 Å². The van der Waals surface area contributed by atoms with Crippen molar-refractivity contribution in [3.05, 3.63) is 41.5 Å². The van der Waals surface area contributed by atoms with E-state index in [1.165, 1.54) is 16.8 Å². The Morgan fingerprint density at radius 3 is 2.71 bits per heavy atom. The van der Waals surface area contributed by atoms with Crippen LogP contribution < -0.4 is 0 Å². The third-order valence-electron chi connectivity index (χ3n) is 2.84. The lowest BCUT2D eigenvalue weighted by Crippen LogP contribution is -2.16. The quantitative estimate of drug-likeness (QED) is 0.777. The van der Waals surface area contributed by atoms with Crippen molar-refractivity contribution >= 4 is 0 Å². The van der Waals surface area contributed by atoms with Crippen molar-refractivity contribution in [2.45, 2.75) is 40.7 Å². The summed E-state index contributed by atoms with van der Waals surface area (Å²) >= 11 is 0. The molecule has 3 heteroatoms. The van der Waals surface area contributed by atoms with Crippen LogP contribution in [0.3, 0.4) is 0 Å². The summed E-state index contributed by atoms with van der Waals surface area (Å²) in [6, 6.07) is 0. The Labute approximate surface area is 104 Å². The Kier molecular flexibility index (Phi) is 5.01. The van der Waals surface area contributed by atoms with E-state index in [4.69, 9.17) is 0 Å².